The topological polar surface area (TPSA) is 59.5 Å². The van der Waals surface area contributed by atoms with Crippen molar-refractivity contribution in [2.75, 3.05) is 13.7 Å². The van der Waals surface area contributed by atoms with Crippen LogP contribution >= 0.6 is 0 Å². The average molecular weight is 439 g/mol. The highest BCUT2D eigenvalue weighted by atomic mass is 16.5. The average Bonchev–Trinajstić information content (AvgIpc) is 2.87. The third-order valence-corrected chi connectivity index (χ3v) is 5.58. The molecule has 0 spiro atoms. The van der Waals surface area contributed by atoms with Gasteiger partial charge in [0.2, 0.25) is 0 Å². The number of ether oxygens (including phenoxy) is 1. The molecule has 33 heavy (non-hydrogen) atoms. The molecule has 1 amide bonds. The van der Waals surface area contributed by atoms with Crippen LogP contribution in [-0.4, -0.2) is 35.4 Å². The maximum Gasteiger partial charge on any atom is 0.337 e. The van der Waals surface area contributed by atoms with Gasteiger partial charge in [-0.1, -0.05) is 60.7 Å². The Balaban J connectivity index is 1.56. The van der Waals surface area contributed by atoms with Gasteiger partial charge in [-0.3, -0.25) is 9.78 Å². The summed E-state index contributed by atoms with van der Waals surface area (Å²) in [6, 6.07) is 27.1. The number of amides is 1. The molecule has 4 aromatic rings. The molecule has 0 aliphatic heterocycles. The number of rotatable bonds is 8. The van der Waals surface area contributed by atoms with Crippen molar-refractivity contribution in [3.05, 3.63) is 113 Å². The number of hydrogen-bond acceptors (Lipinski definition) is 4. The number of esters is 1. The van der Waals surface area contributed by atoms with Gasteiger partial charge in [0.25, 0.3) is 5.91 Å². The molecule has 0 aliphatic rings. The number of carbonyl (C=O) groups excluding carboxylic acids is 2. The molecule has 0 saturated heterocycles. The molecule has 0 saturated carbocycles. The van der Waals surface area contributed by atoms with E-state index >= 15 is 0 Å². The van der Waals surface area contributed by atoms with Crippen LogP contribution in [0.1, 0.15) is 38.3 Å². The zero-order valence-electron chi connectivity index (χ0n) is 18.6. The van der Waals surface area contributed by atoms with Crippen molar-refractivity contribution in [3.63, 3.8) is 0 Å². The number of hydrogen-bond donors (Lipinski definition) is 0. The fourth-order valence-corrected chi connectivity index (χ4v) is 3.88. The predicted octanol–water partition coefficient (Wildman–Crippen LogP) is 5.30. The molecule has 5 nitrogen and oxygen atoms in total. The molecule has 0 unspecified atom stereocenters. The van der Waals surface area contributed by atoms with Gasteiger partial charge in [0.05, 0.1) is 23.8 Å². The Kier molecular flexibility index (Phi) is 7.10. The highest BCUT2D eigenvalue weighted by molar-refractivity contribution is 5.97. The van der Waals surface area contributed by atoms with Crippen molar-refractivity contribution in [1.29, 1.82) is 0 Å². The Bertz CT molecular complexity index is 1250. The number of benzene rings is 3. The molecule has 0 atom stereocenters. The van der Waals surface area contributed by atoms with Crippen LogP contribution < -0.4 is 0 Å². The molecule has 0 bridgehead atoms. The fourth-order valence-electron chi connectivity index (χ4n) is 3.88. The Labute approximate surface area is 193 Å². The highest BCUT2D eigenvalue weighted by Crippen LogP contribution is 2.17. The lowest BCUT2D eigenvalue weighted by Gasteiger charge is -2.23. The third kappa shape index (κ3) is 5.63. The van der Waals surface area contributed by atoms with E-state index in [0.29, 0.717) is 24.2 Å². The van der Waals surface area contributed by atoms with Crippen LogP contribution in [0.25, 0.3) is 10.9 Å². The zero-order valence-corrected chi connectivity index (χ0v) is 18.6. The second kappa shape index (κ2) is 10.6. The lowest BCUT2D eigenvalue weighted by Crippen LogP contribution is -2.32. The summed E-state index contributed by atoms with van der Waals surface area (Å²) in [7, 11) is 1.36. The first-order chi connectivity index (χ1) is 16.1. The van der Waals surface area contributed by atoms with E-state index in [-0.39, 0.29) is 5.91 Å². The van der Waals surface area contributed by atoms with Gasteiger partial charge in [-0.05, 0) is 48.2 Å². The second-order valence-electron chi connectivity index (χ2n) is 7.92. The van der Waals surface area contributed by atoms with Gasteiger partial charge >= 0.3 is 5.97 Å². The Hall–Kier alpha value is -3.99. The van der Waals surface area contributed by atoms with Crippen LogP contribution in [0.3, 0.4) is 0 Å². The molecule has 3 aromatic carbocycles. The van der Waals surface area contributed by atoms with Crippen LogP contribution in [-0.2, 0) is 17.7 Å². The number of pyridine rings is 1. The van der Waals surface area contributed by atoms with Gasteiger partial charge in [-0.15, -0.1) is 0 Å². The maximum absolute atomic E-state index is 13.5. The van der Waals surface area contributed by atoms with Crippen LogP contribution in [0.15, 0.2) is 91.1 Å². The third-order valence-electron chi connectivity index (χ3n) is 5.58. The lowest BCUT2D eigenvalue weighted by molar-refractivity contribution is 0.0600. The standard InChI is InChI=1S/C28H26N2O3/c1-33-28(32)24-14-7-11-22(17-24)20-30(16-8-12-21-9-3-2-4-10-21)27(31)25-18-23-13-5-6-15-26(23)29-19-25/h2-7,9-11,13-15,17-19H,8,12,16,20H2,1H3. The molecule has 0 N–H and O–H groups in total. The van der Waals surface area contributed by atoms with Crippen molar-refractivity contribution in [2.45, 2.75) is 19.4 Å². The summed E-state index contributed by atoms with van der Waals surface area (Å²) in [6.07, 6.45) is 3.34. The molecule has 0 radical (unpaired) electrons. The van der Waals surface area contributed by atoms with E-state index in [1.165, 1.54) is 12.7 Å². The van der Waals surface area contributed by atoms with E-state index in [1.54, 1.807) is 18.3 Å². The molecule has 5 heteroatoms. The molecule has 0 fully saturated rings. The zero-order chi connectivity index (χ0) is 23.0. The van der Waals surface area contributed by atoms with E-state index in [2.05, 4.69) is 17.1 Å². The first-order valence-electron chi connectivity index (χ1n) is 11.0. The van der Waals surface area contributed by atoms with Gasteiger partial charge in [0, 0.05) is 24.7 Å². The fraction of sp³-hybridized carbons (Fsp3) is 0.179. The van der Waals surface area contributed by atoms with Crippen LogP contribution in [0, 0.1) is 0 Å². The van der Waals surface area contributed by atoms with Crippen molar-refractivity contribution in [1.82, 2.24) is 9.88 Å². The molecule has 1 heterocycles. The van der Waals surface area contributed by atoms with E-state index in [9.17, 15) is 9.59 Å². The minimum Gasteiger partial charge on any atom is -0.465 e. The summed E-state index contributed by atoms with van der Waals surface area (Å²) in [6.45, 7) is 0.980. The molecule has 1 aromatic heterocycles. The Morgan fingerprint density at radius 1 is 0.848 bits per heavy atom. The largest absolute Gasteiger partial charge is 0.465 e. The minimum absolute atomic E-state index is 0.0789. The summed E-state index contributed by atoms with van der Waals surface area (Å²) in [5.41, 5.74) is 4.00. The number of methoxy groups -OCH3 is 1. The molecule has 4 rings (SSSR count). The summed E-state index contributed by atoms with van der Waals surface area (Å²) in [5.74, 6) is -0.470. The van der Waals surface area contributed by atoms with Gasteiger partial charge in [0.15, 0.2) is 0 Å². The Morgan fingerprint density at radius 3 is 2.42 bits per heavy atom. The number of aryl methyl sites for hydroxylation is 1. The monoisotopic (exact) mass is 438 g/mol. The quantitative estimate of drug-likeness (QED) is 0.351. The van der Waals surface area contributed by atoms with Gasteiger partial charge in [-0.2, -0.15) is 0 Å². The number of aromatic nitrogens is 1. The van der Waals surface area contributed by atoms with E-state index in [1.807, 2.05) is 65.6 Å². The van der Waals surface area contributed by atoms with Crippen LogP contribution in [0.4, 0.5) is 0 Å². The SMILES string of the molecule is COC(=O)c1cccc(CN(CCCc2ccccc2)C(=O)c2cnc3ccccc3c2)c1. The van der Waals surface area contributed by atoms with Crippen molar-refractivity contribution < 1.29 is 14.3 Å². The second-order valence-corrected chi connectivity index (χ2v) is 7.92. The summed E-state index contributed by atoms with van der Waals surface area (Å²) >= 11 is 0. The first-order valence-corrected chi connectivity index (χ1v) is 11.0. The number of para-hydroxylation sites is 1. The van der Waals surface area contributed by atoms with Crippen LogP contribution in [0.5, 0.6) is 0 Å². The van der Waals surface area contributed by atoms with E-state index in [4.69, 9.17) is 4.74 Å². The van der Waals surface area contributed by atoms with E-state index < -0.39 is 5.97 Å². The summed E-state index contributed by atoms with van der Waals surface area (Å²) in [5, 5.41) is 0.931. The van der Waals surface area contributed by atoms with Gasteiger partial charge in [-0.25, -0.2) is 4.79 Å². The van der Waals surface area contributed by atoms with Gasteiger partial charge in [0.1, 0.15) is 0 Å². The number of nitrogens with zero attached hydrogens (tertiary/aromatic N) is 2. The molecular formula is C28H26N2O3. The summed E-state index contributed by atoms with van der Waals surface area (Å²) < 4.78 is 4.84. The van der Waals surface area contributed by atoms with Crippen molar-refractivity contribution in [2.24, 2.45) is 0 Å². The lowest BCUT2D eigenvalue weighted by atomic mass is 10.1. The van der Waals surface area contributed by atoms with Crippen molar-refractivity contribution >= 4 is 22.8 Å². The van der Waals surface area contributed by atoms with Crippen molar-refractivity contribution in [3.8, 4) is 0 Å². The normalized spacial score (nSPS) is 10.7. The Morgan fingerprint density at radius 2 is 1.61 bits per heavy atom. The highest BCUT2D eigenvalue weighted by Gasteiger charge is 2.18. The number of fused-ring (bicyclic) bond motifs is 1. The molecular weight excluding hydrogens is 412 g/mol. The minimum atomic E-state index is -0.391. The maximum atomic E-state index is 13.5. The van der Waals surface area contributed by atoms with E-state index in [0.717, 1.165) is 29.3 Å². The molecule has 0 aliphatic carbocycles. The first kappa shape index (κ1) is 22.2. The number of carbonyl (C=O) groups is 2. The van der Waals surface area contributed by atoms with Gasteiger partial charge < -0.3 is 9.64 Å². The molecule has 166 valence electrons. The summed E-state index contributed by atoms with van der Waals surface area (Å²) in [4.78, 5) is 31.7. The predicted molar refractivity (Wildman–Crippen MR) is 129 cm³/mol. The smallest absolute Gasteiger partial charge is 0.337 e. The van der Waals surface area contributed by atoms with Crippen LogP contribution in [0.2, 0.25) is 0 Å².